The van der Waals surface area contributed by atoms with Gasteiger partial charge in [-0.1, -0.05) is 149 Å². The fraction of sp³-hybridized carbons (Fsp3) is 0.120. The molecule has 52 heavy (non-hydrogen) atoms. The summed E-state index contributed by atoms with van der Waals surface area (Å²) in [5.74, 6) is 0. The van der Waals surface area contributed by atoms with E-state index in [4.69, 9.17) is 0 Å². The highest BCUT2D eigenvalue weighted by atomic mass is 15.1. The summed E-state index contributed by atoms with van der Waals surface area (Å²) in [5, 5.41) is 7.55. The third kappa shape index (κ3) is 3.79. The van der Waals surface area contributed by atoms with Crippen LogP contribution in [0.3, 0.4) is 0 Å². The van der Waals surface area contributed by atoms with Crippen LogP contribution in [0.25, 0.3) is 60.2 Å². The monoisotopic (exact) mass is 666 g/mol. The van der Waals surface area contributed by atoms with Gasteiger partial charge in [-0.2, -0.15) is 0 Å². The molecule has 0 bridgehead atoms. The molecule has 0 fully saturated rings. The largest absolute Gasteiger partial charge is 0.309 e. The van der Waals surface area contributed by atoms with Crippen molar-refractivity contribution >= 4 is 60.4 Å². The fourth-order valence-electron chi connectivity index (χ4n) is 9.66. The number of rotatable bonds is 4. The van der Waals surface area contributed by atoms with Gasteiger partial charge >= 0.3 is 0 Å². The summed E-state index contributed by atoms with van der Waals surface area (Å²) in [6, 6.07) is 58.9. The molecule has 2 aliphatic rings. The van der Waals surface area contributed by atoms with Crippen molar-refractivity contribution in [1.82, 2.24) is 4.57 Å². The molecule has 0 spiro atoms. The minimum Gasteiger partial charge on any atom is -0.309 e. The number of para-hydroxylation sites is 1. The predicted molar refractivity (Wildman–Crippen MR) is 220 cm³/mol. The average Bonchev–Trinajstić information content (AvgIpc) is 3.51. The van der Waals surface area contributed by atoms with Gasteiger partial charge in [0.1, 0.15) is 0 Å². The van der Waals surface area contributed by atoms with E-state index in [1.165, 1.54) is 99.5 Å². The van der Waals surface area contributed by atoms with Crippen LogP contribution in [0.5, 0.6) is 0 Å². The lowest BCUT2D eigenvalue weighted by atomic mass is 9.68. The molecule has 2 aliphatic heterocycles. The minimum absolute atomic E-state index is 0.173. The standard InChI is InChI=1S/C50H38N2/c1-49(2)40-23-14-24-41-48(40)52-46-38(27-34(28-42(46)49)31-15-6-5-7-16-31)39-29-35(30-43(47(39)52)50(41,3)4)51(44-25-12-19-32-17-8-10-21-36(32)44)45-26-13-20-33-18-9-11-22-37(33)45/h5-30H,1-4H3. The Morgan fingerprint density at radius 2 is 0.904 bits per heavy atom. The molecule has 0 saturated heterocycles. The lowest BCUT2D eigenvalue weighted by molar-refractivity contribution is 0.594. The molecule has 2 heteroatoms. The van der Waals surface area contributed by atoms with E-state index in [0.717, 1.165) is 0 Å². The van der Waals surface area contributed by atoms with Crippen LogP contribution in [0, 0.1) is 0 Å². The maximum absolute atomic E-state index is 2.63. The van der Waals surface area contributed by atoms with Gasteiger partial charge in [0.2, 0.25) is 0 Å². The lowest BCUT2D eigenvalue weighted by Gasteiger charge is -2.42. The third-order valence-corrected chi connectivity index (χ3v) is 12.3. The Hall–Kier alpha value is -6.12. The number of benzene rings is 8. The van der Waals surface area contributed by atoms with Crippen molar-refractivity contribution in [3.05, 3.63) is 180 Å². The van der Waals surface area contributed by atoms with Gasteiger partial charge in [-0.05, 0) is 80.6 Å². The fourth-order valence-corrected chi connectivity index (χ4v) is 9.66. The van der Waals surface area contributed by atoms with Gasteiger partial charge in [0.15, 0.2) is 0 Å². The second-order valence-electron chi connectivity index (χ2n) is 15.8. The summed E-state index contributed by atoms with van der Waals surface area (Å²) in [5.41, 5.74) is 15.2. The molecule has 0 saturated carbocycles. The van der Waals surface area contributed by atoms with Crippen LogP contribution in [0.4, 0.5) is 17.1 Å². The van der Waals surface area contributed by atoms with E-state index in [2.05, 4.69) is 195 Å². The summed E-state index contributed by atoms with van der Waals surface area (Å²) in [4.78, 5) is 2.53. The maximum Gasteiger partial charge on any atom is 0.0583 e. The van der Waals surface area contributed by atoms with E-state index in [1.54, 1.807) is 0 Å². The smallest absolute Gasteiger partial charge is 0.0583 e. The Morgan fingerprint density at radius 3 is 1.52 bits per heavy atom. The number of aromatic nitrogens is 1. The first-order valence-corrected chi connectivity index (χ1v) is 18.4. The first-order valence-electron chi connectivity index (χ1n) is 18.4. The Bertz CT molecular complexity index is 2870. The zero-order chi connectivity index (χ0) is 34.9. The van der Waals surface area contributed by atoms with Crippen molar-refractivity contribution in [1.29, 1.82) is 0 Å². The summed E-state index contributed by atoms with van der Waals surface area (Å²) in [6.07, 6.45) is 0. The quantitative estimate of drug-likeness (QED) is 0.181. The van der Waals surface area contributed by atoms with Gasteiger partial charge in [0.25, 0.3) is 0 Å². The second kappa shape index (κ2) is 10.2. The highest BCUT2D eigenvalue weighted by molar-refractivity contribution is 6.17. The molecule has 0 amide bonds. The van der Waals surface area contributed by atoms with Crippen LogP contribution in [0.15, 0.2) is 158 Å². The Kier molecular flexibility index (Phi) is 5.83. The average molecular weight is 667 g/mol. The number of nitrogens with zero attached hydrogens (tertiary/aromatic N) is 2. The summed E-state index contributed by atoms with van der Waals surface area (Å²) in [7, 11) is 0. The molecule has 0 unspecified atom stereocenters. The Morgan fingerprint density at radius 1 is 0.404 bits per heavy atom. The van der Waals surface area contributed by atoms with Gasteiger partial charge in [-0.25, -0.2) is 0 Å². The minimum atomic E-state index is -0.233. The highest BCUT2D eigenvalue weighted by Crippen LogP contribution is 2.57. The maximum atomic E-state index is 2.63. The van der Waals surface area contributed by atoms with Gasteiger partial charge in [0.05, 0.1) is 28.1 Å². The normalized spacial score (nSPS) is 14.8. The number of hydrogen-bond donors (Lipinski definition) is 0. The van der Waals surface area contributed by atoms with Crippen LogP contribution in [0.2, 0.25) is 0 Å². The Labute approximate surface area is 304 Å². The van der Waals surface area contributed by atoms with Gasteiger partial charge < -0.3 is 9.47 Å². The first-order chi connectivity index (χ1) is 25.3. The van der Waals surface area contributed by atoms with Crippen LogP contribution in [-0.4, -0.2) is 4.57 Å². The number of fused-ring (bicyclic) bond motifs is 3. The molecule has 3 heterocycles. The van der Waals surface area contributed by atoms with Crippen molar-refractivity contribution in [2.24, 2.45) is 0 Å². The topological polar surface area (TPSA) is 8.17 Å². The van der Waals surface area contributed by atoms with E-state index >= 15 is 0 Å². The molecule has 248 valence electrons. The van der Waals surface area contributed by atoms with Crippen LogP contribution >= 0.6 is 0 Å². The van der Waals surface area contributed by atoms with Crippen molar-refractivity contribution < 1.29 is 0 Å². The van der Waals surface area contributed by atoms with Crippen molar-refractivity contribution in [2.45, 2.75) is 38.5 Å². The zero-order valence-electron chi connectivity index (χ0n) is 29.9. The Balaban J connectivity index is 1.33. The molecule has 11 rings (SSSR count). The molecular formula is C50H38N2. The van der Waals surface area contributed by atoms with Crippen LogP contribution in [0.1, 0.15) is 49.9 Å². The lowest BCUT2D eigenvalue weighted by Crippen LogP contribution is -2.33. The zero-order valence-corrected chi connectivity index (χ0v) is 29.9. The molecular weight excluding hydrogens is 629 g/mol. The molecule has 0 radical (unpaired) electrons. The SMILES string of the molecule is CC1(C)c2cccc3c2-n2c4c1cc(-c1ccccc1)cc4c1cc(N(c4cccc5ccccc45)c4cccc5ccccc45)cc(c12)C3(C)C. The number of anilines is 3. The molecule has 8 aromatic carbocycles. The van der Waals surface area contributed by atoms with E-state index in [1.807, 2.05) is 0 Å². The number of hydrogen-bond acceptors (Lipinski definition) is 1. The van der Waals surface area contributed by atoms with E-state index < -0.39 is 0 Å². The van der Waals surface area contributed by atoms with Crippen LogP contribution in [-0.2, 0) is 10.8 Å². The summed E-state index contributed by atoms with van der Waals surface area (Å²) < 4.78 is 2.63. The summed E-state index contributed by atoms with van der Waals surface area (Å²) in [6.45, 7) is 9.70. The molecule has 0 atom stereocenters. The van der Waals surface area contributed by atoms with E-state index in [9.17, 15) is 0 Å². The third-order valence-electron chi connectivity index (χ3n) is 12.3. The predicted octanol–water partition coefficient (Wildman–Crippen LogP) is 13.5. The molecule has 0 aliphatic carbocycles. The summed E-state index contributed by atoms with van der Waals surface area (Å²) >= 11 is 0. The van der Waals surface area contributed by atoms with Crippen LogP contribution < -0.4 is 4.90 Å². The van der Waals surface area contributed by atoms with Gasteiger partial charge in [-0.15, -0.1) is 0 Å². The molecule has 1 aromatic heterocycles. The van der Waals surface area contributed by atoms with Crippen molar-refractivity contribution in [3.8, 4) is 16.8 Å². The van der Waals surface area contributed by atoms with E-state index in [0.29, 0.717) is 0 Å². The van der Waals surface area contributed by atoms with Gasteiger partial charge in [0, 0.05) is 38.1 Å². The molecule has 2 nitrogen and oxygen atoms in total. The van der Waals surface area contributed by atoms with E-state index in [-0.39, 0.29) is 10.8 Å². The molecule has 0 N–H and O–H groups in total. The highest BCUT2D eigenvalue weighted by Gasteiger charge is 2.44. The molecule has 9 aromatic rings. The first kappa shape index (κ1) is 29.6. The second-order valence-corrected chi connectivity index (χ2v) is 15.8. The van der Waals surface area contributed by atoms with Crippen molar-refractivity contribution in [3.63, 3.8) is 0 Å². The van der Waals surface area contributed by atoms with Gasteiger partial charge in [-0.3, -0.25) is 0 Å². The van der Waals surface area contributed by atoms with Crippen molar-refractivity contribution in [2.75, 3.05) is 4.90 Å².